The molecule has 0 bridgehead atoms. The largest absolute Gasteiger partial charge is 0.494 e. The molecule has 0 amide bonds. The summed E-state index contributed by atoms with van der Waals surface area (Å²) in [6.45, 7) is -1.68. The van der Waals surface area contributed by atoms with Gasteiger partial charge in [0.05, 0.1) is 17.1 Å². The van der Waals surface area contributed by atoms with Crippen LogP contribution >= 0.6 is 11.6 Å². The standard InChI is InChI=1S/C31H34ClNO11/c1-6-39-21-12-10-20(11-13-21)27(38)22-14-33(24-9-7-8-23(32)26(22)24)31-30(43-19(5)37)29(42-18(4)36)28(41-17(3)35)25(44-31)15-40-16(2)34/h7-14,25,27-31,38H,6,15H2,1-5H3/t25-,27?,28-,29+,30-,31?/m1/s1/i2D,3D,4D,5D. The summed E-state index contributed by atoms with van der Waals surface area (Å²) in [4.78, 5) is 49.5. The van der Waals surface area contributed by atoms with Gasteiger partial charge in [-0.15, -0.1) is 0 Å². The number of halogens is 1. The second kappa shape index (κ2) is 14.1. The Bertz CT molecular complexity index is 1610. The van der Waals surface area contributed by atoms with Crippen molar-refractivity contribution in [1.82, 2.24) is 4.57 Å². The first kappa shape index (κ1) is 27.4. The zero-order valence-electron chi connectivity index (χ0n) is 27.7. The number of aromatic nitrogens is 1. The summed E-state index contributed by atoms with van der Waals surface area (Å²) in [6.07, 6.45) is -7.62. The summed E-state index contributed by atoms with van der Waals surface area (Å²) in [5, 5.41) is 12.2. The Labute approximate surface area is 264 Å². The van der Waals surface area contributed by atoms with Crippen molar-refractivity contribution >= 4 is 46.4 Å². The Morgan fingerprint density at radius 3 is 2.20 bits per heavy atom. The lowest BCUT2D eigenvalue weighted by Gasteiger charge is -2.44. The van der Waals surface area contributed by atoms with Crippen LogP contribution in [0.3, 0.4) is 0 Å². The van der Waals surface area contributed by atoms with E-state index in [0.29, 0.717) is 34.4 Å². The van der Waals surface area contributed by atoms with Gasteiger partial charge in [0.15, 0.2) is 24.5 Å². The van der Waals surface area contributed by atoms with Crippen LogP contribution in [0.25, 0.3) is 10.9 Å². The average molecular weight is 636 g/mol. The molecule has 6 atom stereocenters. The lowest BCUT2D eigenvalue weighted by molar-refractivity contribution is -0.267. The number of aliphatic hydroxyl groups excluding tert-OH is 1. The number of rotatable bonds is 10. The topological polar surface area (TPSA) is 149 Å². The maximum absolute atomic E-state index is 12.6. The van der Waals surface area contributed by atoms with Crippen molar-refractivity contribution in [3.8, 4) is 5.75 Å². The monoisotopic (exact) mass is 635 g/mol. The first-order valence-electron chi connectivity index (χ1n) is 16.2. The molecule has 236 valence electrons. The molecule has 0 aliphatic carbocycles. The maximum atomic E-state index is 12.6. The third kappa shape index (κ3) is 7.32. The molecule has 1 saturated heterocycles. The Kier molecular flexibility index (Phi) is 8.79. The minimum Gasteiger partial charge on any atom is -0.494 e. The van der Waals surface area contributed by atoms with Gasteiger partial charge in [0.25, 0.3) is 0 Å². The molecule has 2 heterocycles. The van der Waals surface area contributed by atoms with Gasteiger partial charge in [-0.05, 0) is 36.8 Å². The quantitative estimate of drug-likeness (QED) is 0.254. The van der Waals surface area contributed by atoms with E-state index in [2.05, 4.69) is 0 Å². The number of aliphatic hydroxyl groups is 1. The highest BCUT2D eigenvalue weighted by atomic mass is 35.5. The van der Waals surface area contributed by atoms with Crippen molar-refractivity contribution in [1.29, 1.82) is 0 Å². The van der Waals surface area contributed by atoms with Crippen molar-refractivity contribution in [2.45, 2.75) is 71.3 Å². The van der Waals surface area contributed by atoms with E-state index >= 15 is 0 Å². The second-order valence-electron chi connectivity index (χ2n) is 9.64. The van der Waals surface area contributed by atoms with Gasteiger partial charge in [-0.25, -0.2) is 0 Å². The average Bonchev–Trinajstić information content (AvgIpc) is 3.49. The summed E-state index contributed by atoms with van der Waals surface area (Å²) < 4.78 is 64.6. The van der Waals surface area contributed by atoms with Crippen molar-refractivity contribution in [3.05, 3.63) is 64.8 Å². The number of hydrogen-bond donors (Lipinski definition) is 1. The molecule has 0 spiro atoms. The number of esters is 4. The summed E-state index contributed by atoms with van der Waals surface area (Å²) >= 11 is 6.66. The smallest absolute Gasteiger partial charge is 0.303 e. The normalized spacial score (nSPS) is 23.3. The Morgan fingerprint density at radius 2 is 1.57 bits per heavy atom. The minimum atomic E-state index is -1.69. The van der Waals surface area contributed by atoms with Crippen LogP contribution in [0.5, 0.6) is 5.75 Å². The van der Waals surface area contributed by atoms with E-state index in [4.69, 9.17) is 45.5 Å². The first-order valence-corrected chi connectivity index (χ1v) is 13.7. The molecule has 1 aliphatic heterocycles. The molecule has 1 aliphatic rings. The van der Waals surface area contributed by atoms with Crippen LogP contribution in [0.1, 0.15) is 63.5 Å². The van der Waals surface area contributed by atoms with E-state index in [1.807, 2.05) is 6.92 Å². The van der Waals surface area contributed by atoms with E-state index in [1.165, 1.54) is 10.8 Å². The van der Waals surface area contributed by atoms with E-state index in [1.54, 1.807) is 42.5 Å². The van der Waals surface area contributed by atoms with Crippen molar-refractivity contribution < 1.29 is 58.2 Å². The van der Waals surface area contributed by atoms with Crippen LogP contribution in [0.2, 0.25) is 5.02 Å². The van der Waals surface area contributed by atoms with Gasteiger partial charge in [0, 0.05) is 50.2 Å². The number of hydrogen-bond acceptors (Lipinski definition) is 11. The van der Waals surface area contributed by atoms with Gasteiger partial charge < -0.3 is 38.1 Å². The fourth-order valence-electron chi connectivity index (χ4n) is 5.09. The molecule has 0 radical (unpaired) electrons. The maximum Gasteiger partial charge on any atom is 0.303 e. The Balaban J connectivity index is 1.90. The molecule has 4 rings (SSSR count). The molecule has 13 heteroatoms. The van der Waals surface area contributed by atoms with Gasteiger partial charge in [-0.1, -0.05) is 29.8 Å². The van der Waals surface area contributed by atoms with Gasteiger partial charge in [0.1, 0.15) is 24.6 Å². The highest BCUT2D eigenvalue weighted by molar-refractivity contribution is 6.35. The minimum absolute atomic E-state index is 0.238. The number of benzene rings is 2. The van der Waals surface area contributed by atoms with Crippen molar-refractivity contribution in [2.24, 2.45) is 0 Å². The molecule has 2 unspecified atom stereocenters. The zero-order valence-corrected chi connectivity index (χ0v) is 24.4. The highest BCUT2D eigenvalue weighted by Crippen LogP contribution is 2.41. The van der Waals surface area contributed by atoms with E-state index in [9.17, 15) is 24.3 Å². The lowest BCUT2D eigenvalue weighted by atomic mass is 9.97. The number of fused-ring (bicyclic) bond motifs is 1. The summed E-state index contributed by atoms with van der Waals surface area (Å²) in [5.41, 5.74) is 1.13. The molecule has 1 N–H and O–H groups in total. The third-order valence-electron chi connectivity index (χ3n) is 6.73. The molecule has 1 aromatic heterocycles. The van der Waals surface area contributed by atoms with E-state index in [0.717, 1.165) is 0 Å². The predicted octanol–water partition coefficient (Wildman–Crippen LogP) is 4.03. The molecule has 12 nitrogen and oxygen atoms in total. The van der Waals surface area contributed by atoms with Gasteiger partial charge in [-0.3, -0.25) is 19.2 Å². The van der Waals surface area contributed by atoms with E-state index in [-0.39, 0.29) is 5.02 Å². The molecule has 1 fully saturated rings. The Hall–Kier alpha value is -4.13. The Morgan fingerprint density at radius 1 is 0.932 bits per heavy atom. The van der Waals surface area contributed by atoms with Crippen LogP contribution < -0.4 is 4.74 Å². The molecular weight excluding hydrogens is 598 g/mol. The number of ether oxygens (including phenoxy) is 6. The second-order valence-corrected chi connectivity index (χ2v) is 10.0. The predicted molar refractivity (Wildman–Crippen MR) is 156 cm³/mol. The van der Waals surface area contributed by atoms with Crippen molar-refractivity contribution in [2.75, 3.05) is 13.2 Å². The van der Waals surface area contributed by atoms with Crippen LogP contribution in [0.4, 0.5) is 0 Å². The fourth-order valence-corrected chi connectivity index (χ4v) is 5.37. The fraction of sp³-hybridized carbons (Fsp3) is 0.419. The molecule has 0 saturated carbocycles. The summed E-state index contributed by atoms with van der Waals surface area (Å²) in [7, 11) is 0. The van der Waals surface area contributed by atoms with Gasteiger partial charge in [0.2, 0.25) is 0 Å². The van der Waals surface area contributed by atoms with Crippen LogP contribution in [-0.2, 0) is 42.9 Å². The third-order valence-corrected chi connectivity index (χ3v) is 7.05. The molecule has 2 aromatic carbocycles. The lowest BCUT2D eigenvalue weighted by Crippen LogP contribution is -2.60. The van der Waals surface area contributed by atoms with E-state index < -0.39 is 94.8 Å². The van der Waals surface area contributed by atoms with Crippen molar-refractivity contribution in [3.63, 3.8) is 0 Å². The van der Waals surface area contributed by atoms with Gasteiger partial charge >= 0.3 is 23.9 Å². The SMILES string of the molecule is [2H]CC(=O)OC[C@H]1OC(n2cc(C(O)c3ccc(OCC)cc3)c3c(Cl)cccc32)[C@H](OC(=O)C[2H])[C@@H](OC(=O)C[2H])[C@@H]1OC(=O)C[2H]. The van der Waals surface area contributed by atoms with Crippen LogP contribution in [0.15, 0.2) is 48.7 Å². The zero-order chi connectivity index (χ0) is 35.0. The molecular formula is C31H34ClNO11. The van der Waals surface area contributed by atoms with Crippen LogP contribution in [-0.4, -0.2) is 71.2 Å². The molecule has 3 aromatic rings. The highest BCUT2D eigenvalue weighted by Gasteiger charge is 2.53. The number of carbonyl (C=O) groups is 4. The van der Waals surface area contributed by atoms with Crippen LogP contribution in [0, 0.1) is 0 Å². The van der Waals surface area contributed by atoms with Gasteiger partial charge in [-0.2, -0.15) is 0 Å². The number of carbonyl (C=O) groups excluding carboxylic acids is 4. The first-order chi connectivity index (χ1) is 23.1. The number of nitrogens with zero attached hydrogens (tertiary/aromatic N) is 1. The summed E-state index contributed by atoms with van der Waals surface area (Å²) in [5.74, 6) is -3.63. The summed E-state index contributed by atoms with van der Waals surface area (Å²) in [6, 6.07) is 11.6. The molecule has 44 heavy (non-hydrogen) atoms.